The van der Waals surface area contributed by atoms with Gasteiger partial charge < -0.3 is 86.9 Å². The minimum absolute atomic E-state index is 0.0618. The Hall–Kier alpha value is -11.6. The number of halogens is 4. The molecule has 0 saturated carbocycles. The fourth-order valence-electron chi connectivity index (χ4n) is 18.9. The molecule has 6 aromatic carbocycles. The molecule has 0 bridgehead atoms. The van der Waals surface area contributed by atoms with Crippen molar-refractivity contribution in [2.45, 2.75) is 231 Å². The van der Waals surface area contributed by atoms with Gasteiger partial charge in [0.2, 0.25) is 0 Å². The molecule has 4 N–H and O–H groups in total. The Labute approximate surface area is 701 Å². The number of hydrogen-bond donors (Lipinski definition) is 4. The van der Waals surface area contributed by atoms with E-state index in [1.807, 2.05) is 65.2 Å². The number of ether oxygens (including phenoxy) is 10. The van der Waals surface area contributed by atoms with Gasteiger partial charge in [0.15, 0.2) is 49.1 Å². The first kappa shape index (κ1) is 85.4. The predicted molar refractivity (Wildman–Crippen MR) is 440 cm³/mol. The lowest BCUT2D eigenvalue weighted by Crippen LogP contribution is -2.58. The molecule has 10 aromatic rings. The van der Waals surface area contributed by atoms with Gasteiger partial charge in [-0.1, -0.05) is 60.7 Å². The van der Waals surface area contributed by atoms with Gasteiger partial charge in [0.1, 0.15) is 36.5 Å². The van der Waals surface area contributed by atoms with Crippen LogP contribution in [0, 0.1) is 23.3 Å². The molecule has 122 heavy (non-hydrogen) atoms. The van der Waals surface area contributed by atoms with Gasteiger partial charge in [0.05, 0.1) is 46.0 Å². The molecule has 6 fully saturated rings. The topological polar surface area (TPSA) is 301 Å². The lowest BCUT2D eigenvalue weighted by Gasteiger charge is -2.44. The smallest absolute Gasteiger partial charge is 0.410 e. The molecular weight excluding hydrogens is 1580 g/mol. The summed E-state index contributed by atoms with van der Waals surface area (Å²) in [5, 5.41) is 10.00. The zero-order valence-corrected chi connectivity index (χ0v) is 69.2. The predicted octanol–water partition coefficient (Wildman–Crippen LogP) is 14.8. The zero-order chi connectivity index (χ0) is 85.9. The summed E-state index contributed by atoms with van der Waals surface area (Å²) in [6.45, 7) is 13.3. The second kappa shape index (κ2) is 37.0. The number of esters is 6. The number of benzene rings is 6. The molecule has 0 aliphatic carbocycles. The number of aromatic amines is 2. The van der Waals surface area contributed by atoms with Gasteiger partial charge in [-0.25, -0.2) is 27.2 Å². The molecule has 16 rings (SSSR count). The van der Waals surface area contributed by atoms with E-state index in [4.69, 9.17) is 47.4 Å². The number of nitrogens with zero attached hydrogens (tertiary/aromatic N) is 4. The number of rotatable bonds is 22. The molecule has 30 heteroatoms. The largest absolute Gasteiger partial charge is 0.456 e. The Morgan fingerprint density at radius 3 is 1.12 bits per heavy atom. The third-order valence-corrected chi connectivity index (χ3v) is 23.9. The van der Waals surface area contributed by atoms with E-state index in [1.54, 1.807) is 52.5 Å². The summed E-state index contributed by atoms with van der Waals surface area (Å²) >= 11 is 0. The van der Waals surface area contributed by atoms with Gasteiger partial charge >= 0.3 is 48.0 Å². The van der Waals surface area contributed by atoms with Gasteiger partial charge in [-0.15, -0.1) is 0 Å². The van der Waals surface area contributed by atoms with Crippen molar-refractivity contribution in [2.24, 2.45) is 0 Å². The van der Waals surface area contributed by atoms with Crippen LogP contribution in [0.15, 0.2) is 133 Å². The van der Waals surface area contributed by atoms with Gasteiger partial charge in [0, 0.05) is 111 Å². The summed E-state index contributed by atoms with van der Waals surface area (Å²) in [5.41, 5.74) is 8.87. The zero-order valence-electron chi connectivity index (χ0n) is 69.2. The molecule has 2 amide bonds. The molecule has 4 aromatic heterocycles. The van der Waals surface area contributed by atoms with E-state index < -0.39 is 133 Å². The molecule has 2 unspecified atom stereocenters. The van der Waals surface area contributed by atoms with Crippen molar-refractivity contribution in [3.05, 3.63) is 190 Å². The number of likely N-dealkylation sites (tertiary alicyclic amines) is 2. The summed E-state index contributed by atoms with van der Waals surface area (Å²) in [5.74, 6) is -6.25. The molecule has 0 spiro atoms. The molecule has 0 radical (unpaired) electrons. The van der Waals surface area contributed by atoms with E-state index in [9.17, 15) is 42.7 Å². The number of nitrogens with one attached hydrogen (secondary N) is 4. The maximum atomic E-state index is 16.0. The van der Waals surface area contributed by atoms with Crippen LogP contribution in [-0.2, 0) is 115 Å². The van der Waals surface area contributed by atoms with E-state index in [-0.39, 0.29) is 55.5 Å². The average molecular weight is 1680 g/mol. The minimum Gasteiger partial charge on any atom is -0.456 e. The molecular formula is C92H100F4N8O18. The van der Waals surface area contributed by atoms with Crippen LogP contribution in [0.1, 0.15) is 153 Å². The van der Waals surface area contributed by atoms with Crippen LogP contribution in [0.25, 0.3) is 66.4 Å². The molecule has 644 valence electrons. The first-order valence-electron chi connectivity index (χ1n) is 41.7. The lowest BCUT2D eigenvalue weighted by atomic mass is 9.94. The van der Waals surface area contributed by atoms with Crippen LogP contribution < -0.4 is 10.6 Å². The molecule has 14 atom stereocenters. The van der Waals surface area contributed by atoms with E-state index in [0.717, 1.165) is 71.8 Å². The number of hydrogen-bond acceptors (Lipinski definition) is 20. The highest BCUT2D eigenvalue weighted by Crippen LogP contribution is 2.49. The third-order valence-electron chi connectivity index (χ3n) is 23.9. The highest BCUT2D eigenvalue weighted by Gasteiger charge is 2.55. The Morgan fingerprint density at radius 1 is 0.393 bits per heavy atom. The van der Waals surface area contributed by atoms with Crippen molar-refractivity contribution in [3.8, 4) is 22.8 Å². The van der Waals surface area contributed by atoms with Gasteiger partial charge in [-0.05, 0) is 210 Å². The lowest BCUT2D eigenvalue weighted by molar-refractivity contribution is -0.258. The van der Waals surface area contributed by atoms with Crippen LogP contribution >= 0.6 is 0 Å². The Balaban J connectivity index is 0.000000200. The maximum Gasteiger partial charge on any atom is 0.410 e. The molecule has 6 aliphatic heterocycles. The number of fused-ring (bicyclic) bond motifs is 4. The van der Waals surface area contributed by atoms with E-state index in [1.165, 1.54) is 90.1 Å². The fraction of sp³-hybridized carbons (Fsp3) is 0.435. The number of H-pyrrole nitrogens is 2. The summed E-state index contributed by atoms with van der Waals surface area (Å²) in [6, 6.07) is 36.2. The average Bonchev–Trinajstić information content (AvgIpc) is 1.57. The van der Waals surface area contributed by atoms with Crippen LogP contribution in [-0.4, -0.2) is 176 Å². The van der Waals surface area contributed by atoms with Crippen molar-refractivity contribution >= 4 is 91.6 Å². The Bertz CT molecular complexity index is 5570. The van der Waals surface area contributed by atoms with Gasteiger partial charge in [0.25, 0.3) is 0 Å². The van der Waals surface area contributed by atoms with Gasteiger partial charge in [-0.2, -0.15) is 0 Å². The van der Waals surface area contributed by atoms with Crippen molar-refractivity contribution in [3.63, 3.8) is 0 Å². The van der Waals surface area contributed by atoms with E-state index in [2.05, 4.69) is 20.6 Å². The van der Waals surface area contributed by atoms with Crippen molar-refractivity contribution in [2.75, 3.05) is 26.2 Å². The van der Waals surface area contributed by atoms with Gasteiger partial charge in [-0.3, -0.25) is 28.8 Å². The fourth-order valence-corrected chi connectivity index (χ4v) is 18.9. The van der Waals surface area contributed by atoms with E-state index >= 15 is 13.2 Å². The number of carbonyl (C=O) groups is 8. The van der Waals surface area contributed by atoms with Crippen molar-refractivity contribution in [1.29, 1.82) is 0 Å². The summed E-state index contributed by atoms with van der Waals surface area (Å²) in [4.78, 5) is 115. The standard InChI is InChI=1S/C54H56F2N4O11.C38H44F2N4O7/c1-31-49(69-32(2)61)50(70-33(3)62)51(71-34(4)63)52(68-31)60-46-26-38(56)20-22-42(46)44(28-40-18-12-24-59(40)54(65)67-30-36-15-9-6-10-16-36)48(60)47-43(41-21-19-37(55)25-45(41)57-47)27-39-17-11-23-58(39)53(64)66-29-35-13-7-5-8-14-35;1-19-35(49-20(2)45)36(50-21(3)46)37(51-22(4)47)38(48-19)44-32-16-24(40)10-12-28(32)30(18-26-8-6-14-42-26)34(44)33-29(17-25-7-5-13-41-25)27-11-9-23(39)15-31(27)43-33/h5-10,13-16,19-22,25-26,31,39-40,49-52,57H,11-12,17-18,23-24,27-30H2,1-4H3;9-12,15-16,19,25-26,35-38,41-43H,5-8,13-14,17-18H2,1-4H3/t31-,39?,40-,49+,50+,51-,52-;19-,25?,26-,35+,36+,37-,38-/m00/s1. The molecule has 6 saturated heterocycles. The third kappa shape index (κ3) is 18.4. The minimum atomic E-state index is -1.49. The van der Waals surface area contributed by atoms with Crippen molar-refractivity contribution < 1.29 is 103 Å². The normalized spacial score (nSPS) is 24.0. The quantitative estimate of drug-likeness (QED) is 0.0278. The molecule has 6 aliphatic rings. The SMILES string of the molecule is CC(=O)O[C@@H]1[C@H](OC(C)=O)[C@H](C)O[C@H](n2c(-c3[nH]c4cc(F)ccc4c3CC3CCCN3)c(C[C@@H]3CCCN3)c3ccc(F)cc32)[C@H]1OC(C)=O.CC(=O)O[C@@H]1[C@H](OC(C)=O)[C@H](C)O[C@H](n2c(-c3[nH]c4cc(F)ccc4c3CC3CCCN3C(=O)OCc3ccccc3)c(C[C@@H]3CCCN3C(=O)OCc3ccccc3)c3ccc(F)cc32)[C@H]1OC(C)=O. The maximum absolute atomic E-state index is 16.0. The summed E-state index contributed by atoms with van der Waals surface area (Å²) < 4.78 is 125. The number of carbonyl (C=O) groups excluding carboxylic acids is 8. The van der Waals surface area contributed by atoms with E-state index in [0.29, 0.717) is 113 Å². The highest BCUT2D eigenvalue weighted by atomic mass is 19.1. The van der Waals surface area contributed by atoms with Crippen LogP contribution in [0.3, 0.4) is 0 Å². The van der Waals surface area contributed by atoms with Crippen LogP contribution in [0.4, 0.5) is 27.2 Å². The Kier molecular flexibility index (Phi) is 25.9. The first-order chi connectivity index (χ1) is 58.7. The summed E-state index contributed by atoms with van der Waals surface area (Å²) in [7, 11) is 0. The monoisotopic (exact) mass is 1680 g/mol. The van der Waals surface area contributed by atoms with Crippen LogP contribution in [0.2, 0.25) is 0 Å². The van der Waals surface area contributed by atoms with Crippen LogP contribution in [0.5, 0.6) is 0 Å². The van der Waals surface area contributed by atoms with Crippen molar-refractivity contribution in [1.82, 2.24) is 39.5 Å². The summed E-state index contributed by atoms with van der Waals surface area (Å²) in [6.07, 6.45) is -5.03. The first-order valence-corrected chi connectivity index (χ1v) is 41.7. The second-order valence-corrected chi connectivity index (χ2v) is 32.4. The highest BCUT2D eigenvalue weighted by molar-refractivity contribution is 5.99. The Morgan fingerprint density at radius 2 is 0.738 bits per heavy atom. The number of aromatic nitrogens is 4. The molecule has 10 heterocycles. The molecule has 26 nitrogen and oxygen atoms in total. The second-order valence-electron chi connectivity index (χ2n) is 32.4. The number of amides is 2.